The van der Waals surface area contributed by atoms with Gasteiger partial charge in [-0.3, -0.25) is 4.79 Å². The summed E-state index contributed by atoms with van der Waals surface area (Å²) in [5, 5.41) is 9.25. The molecule has 1 aromatic carbocycles. The van der Waals surface area contributed by atoms with Gasteiger partial charge in [0.1, 0.15) is 0 Å². The first kappa shape index (κ1) is 12.5. The van der Waals surface area contributed by atoms with Crippen LogP contribution in [0.15, 0.2) is 23.3 Å². The number of thioether (sulfide) groups is 1. The first-order valence-electron chi connectivity index (χ1n) is 6.40. The maximum absolute atomic E-state index is 11.7. The van der Waals surface area contributed by atoms with Crippen LogP contribution >= 0.6 is 11.8 Å². The van der Waals surface area contributed by atoms with Crippen molar-refractivity contribution in [3.63, 3.8) is 0 Å². The number of carbonyl (C=O) groups is 1. The van der Waals surface area contributed by atoms with Crippen LogP contribution in [-0.4, -0.2) is 34.3 Å². The van der Waals surface area contributed by atoms with Gasteiger partial charge in [-0.15, -0.1) is 0 Å². The SMILES string of the molecule is CN1N=C(c2ccc3c(c2)CCN3)C(C)(C)SC1=O. The summed E-state index contributed by atoms with van der Waals surface area (Å²) in [4.78, 5) is 11.7. The van der Waals surface area contributed by atoms with Gasteiger partial charge in [-0.1, -0.05) is 17.8 Å². The second-order valence-corrected chi connectivity index (χ2v) is 6.97. The minimum atomic E-state index is -0.288. The highest BCUT2D eigenvalue weighted by molar-refractivity contribution is 8.15. The molecule has 0 radical (unpaired) electrons. The zero-order chi connectivity index (χ0) is 13.6. The zero-order valence-electron chi connectivity index (χ0n) is 11.4. The largest absolute Gasteiger partial charge is 0.384 e. The van der Waals surface area contributed by atoms with E-state index in [2.05, 4.69) is 28.6 Å². The topological polar surface area (TPSA) is 44.7 Å². The molecule has 19 heavy (non-hydrogen) atoms. The summed E-state index contributed by atoms with van der Waals surface area (Å²) in [6, 6.07) is 6.39. The van der Waals surface area contributed by atoms with Crippen molar-refractivity contribution in [2.24, 2.45) is 5.10 Å². The molecule has 0 saturated carbocycles. The van der Waals surface area contributed by atoms with E-state index >= 15 is 0 Å². The van der Waals surface area contributed by atoms with Crippen molar-refractivity contribution in [1.82, 2.24) is 5.01 Å². The summed E-state index contributed by atoms with van der Waals surface area (Å²) in [6.07, 6.45) is 1.05. The van der Waals surface area contributed by atoms with Crippen molar-refractivity contribution in [3.8, 4) is 0 Å². The molecule has 0 bridgehead atoms. The van der Waals surface area contributed by atoms with Crippen LogP contribution in [0.4, 0.5) is 10.5 Å². The molecule has 0 aromatic heterocycles. The van der Waals surface area contributed by atoms with E-state index in [9.17, 15) is 4.79 Å². The van der Waals surface area contributed by atoms with E-state index in [1.54, 1.807) is 7.05 Å². The monoisotopic (exact) mass is 275 g/mol. The molecule has 0 spiro atoms. The third-order valence-electron chi connectivity index (χ3n) is 3.52. The van der Waals surface area contributed by atoms with Crippen LogP contribution in [0.25, 0.3) is 0 Å². The highest BCUT2D eigenvalue weighted by atomic mass is 32.2. The van der Waals surface area contributed by atoms with Gasteiger partial charge in [0.2, 0.25) is 0 Å². The van der Waals surface area contributed by atoms with Crippen LogP contribution in [-0.2, 0) is 6.42 Å². The summed E-state index contributed by atoms with van der Waals surface area (Å²) in [6.45, 7) is 5.10. The molecule has 2 heterocycles. The van der Waals surface area contributed by atoms with Crippen LogP contribution in [0.1, 0.15) is 25.0 Å². The number of nitrogens with one attached hydrogen (secondary N) is 1. The molecule has 0 aliphatic carbocycles. The second-order valence-electron chi connectivity index (χ2n) is 5.40. The lowest BCUT2D eigenvalue weighted by Crippen LogP contribution is -2.39. The molecule has 1 amide bonds. The summed E-state index contributed by atoms with van der Waals surface area (Å²) in [5.74, 6) is 0. The highest BCUT2D eigenvalue weighted by Crippen LogP contribution is 2.36. The van der Waals surface area contributed by atoms with Gasteiger partial charge in [0, 0.05) is 19.3 Å². The van der Waals surface area contributed by atoms with Crippen molar-refractivity contribution in [1.29, 1.82) is 0 Å². The summed E-state index contributed by atoms with van der Waals surface area (Å²) >= 11 is 1.33. The fourth-order valence-electron chi connectivity index (χ4n) is 2.50. The fraction of sp³-hybridized carbons (Fsp3) is 0.429. The van der Waals surface area contributed by atoms with Crippen molar-refractivity contribution in [2.45, 2.75) is 25.0 Å². The Morgan fingerprint density at radius 2 is 2.21 bits per heavy atom. The van der Waals surface area contributed by atoms with Crippen molar-refractivity contribution < 1.29 is 4.79 Å². The van der Waals surface area contributed by atoms with Crippen LogP contribution in [0.3, 0.4) is 0 Å². The highest BCUT2D eigenvalue weighted by Gasteiger charge is 2.36. The molecule has 0 saturated heterocycles. The van der Waals surface area contributed by atoms with Gasteiger partial charge in [-0.25, -0.2) is 5.01 Å². The summed E-state index contributed by atoms with van der Waals surface area (Å²) in [5.41, 5.74) is 4.63. The number of nitrogens with zero attached hydrogens (tertiary/aromatic N) is 2. The van der Waals surface area contributed by atoms with E-state index in [-0.39, 0.29) is 9.99 Å². The molecular weight excluding hydrogens is 258 g/mol. The van der Waals surface area contributed by atoms with Gasteiger partial charge in [0.05, 0.1) is 10.5 Å². The Hall–Kier alpha value is -1.49. The third-order valence-corrected chi connectivity index (χ3v) is 4.66. The average Bonchev–Trinajstić information content (AvgIpc) is 2.80. The Labute approximate surface area is 117 Å². The summed E-state index contributed by atoms with van der Waals surface area (Å²) < 4.78 is -0.288. The van der Waals surface area contributed by atoms with Gasteiger partial charge in [-0.2, -0.15) is 5.10 Å². The number of benzene rings is 1. The minimum absolute atomic E-state index is 0.00317. The molecule has 4 nitrogen and oxygen atoms in total. The quantitative estimate of drug-likeness (QED) is 0.857. The molecule has 0 fully saturated rings. The van der Waals surface area contributed by atoms with Gasteiger partial charge < -0.3 is 5.32 Å². The molecule has 5 heteroatoms. The smallest absolute Gasteiger partial charge is 0.302 e. The molecular formula is C14H17N3OS. The number of amides is 1. The number of hydrogen-bond acceptors (Lipinski definition) is 4. The number of anilines is 1. The van der Waals surface area contributed by atoms with Gasteiger partial charge in [-0.05, 0) is 43.5 Å². The van der Waals surface area contributed by atoms with E-state index < -0.39 is 0 Å². The number of fused-ring (bicyclic) bond motifs is 1. The van der Waals surface area contributed by atoms with Crippen LogP contribution in [0.2, 0.25) is 0 Å². The molecule has 1 N–H and O–H groups in total. The zero-order valence-corrected chi connectivity index (χ0v) is 12.2. The van der Waals surface area contributed by atoms with Crippen LogP contribution in [0, 0.1) is 0 Å². The standard InChI is InChI=1S/C14H17N3OS/c1-14(2)12(16-17(3)13(18)19-14)10-4-5-11-9(8-10)6-7-15-11/h4-5,8,15H,6-7H2,1-3H3. The molecule has 100 valence electrons. The van der Waals surface area contributed by atoms with Gasteiger partial charge in [0.25, 0.3) is 0 Å². The van der Waals surface area contributed by atoms with E-state index in [1.807, 2.05) is 13.8 Å². The summed E-state index contributed by atoms with van der Waals surface area (Å²) in [7, 11) is 1.71. The van der Waals surface area contributed by atoms with Crippen molar-refractivity contribution >= 4 is 28.4 Å². The fourth-order valence-corrected chi connectivity index (χ4v) is 3.37. The van der Waals surface area contributed by atoms with Crippen LogP contribution in [0.5, 0.6) is 0 Å². The number of hydrazone groups is 1. The minimum Gasteiger partial charge on any atom is -0.384 e. The Bertz CT molecular complexity index is 580. The van der Waals surface area contributed by atoms with Crippen molar-refractivity contribution in [2.75, 3.05) is 18.9 Å². The number of carbonyl (C=O) groups excluding carboxylic acids is 1. The maximum atomic E-state index is 11.7. The lowest BCUT2D eigenvalue weighted by atomic mass is 9.96. The first-order chi connectivity index (χ1) is 8.97. The molecule has 0 atom stereocenters. The Morgan fingerprint density at radius 3 is 3.00 bits per heavy atom. The lowest BCUT2D eigenvalue weighted by molar-refractivity contribution is 0.234. The predicted octanol–water partition coefficient (Wildman–Crippen LogP) is 2.94. The van der Waals surface area contributed by atoms with E-state index in [1.165, 1.54) is 28.0 Å². The van der Waals surface area contributed by atoms with Gasteiger partial charge in [0.15, 0.2) is 0 Å². The Morgan fingerprint density at radius 1 is 1.42 bits per heavy atom. The predicted molar refractivity (Wildman–Crippen MR) is 80.0 cm³/mol. The van der Waals surface area contributed by atoms with Crippen LogP contribution < -0.4 is 5.32 Å². The Balaban J connectivity index is 2.05. The average molecular weight is 275 g/mol. The van der Waals surface area contributed by atoms with E-state index in [0.717, 1.165) is 24.2 Å². The first-order valence-corrected chi connectivity index (χ1v) is 7.22. The third kappa shape index (κ3) is 2.12. The molecule has 2 aliphatic heterocycles. The maximum Gasteiger partial charge on any atom is 0.302 e. The van der Waals surface area contributed by atoms with E-state index in [4.69, 9.17) is 0 Å². The second kappa shape index (κ2) is 4.27. The number of rotatable bonds is 1. The normalized spacial score (nSPS) is 20.9. The van der Waals surface area contributed by atoms with E-state index in [0.29, 0.717) is 0 Å². The van der Waals surface area contributed by atoms with Crippen molar-refractivity contribution in [3.05, 3.63) is 29.3 Å². The molecule has 3 rings (SSSR count). The molecule has 1 aromatic rings. The lowest BCUT2D eigenvalue weighted by Gasteiger charge is -2.32. The molecule has 2 aliphatic rings. The number of hydrogen-bond donors (Lipinski definition) is 1. The molecule has 0 unspecified atom stereocenters. The Kier molecular flexibility index (Phi) is 2.82. The van der Waals surface area contributed by atoms with Gasteiger partial charge >= 0.3 is 5.24 Å².